The van der Waals surface area contributed by atoms with Gasteiger partial charge in [-0.3, -0.25) is 9.59 Å². The summed E-state index contributed by atoms with van der Waals surface area (Å²) in [5, 5.41) is 2.59. The molecule has 10 heteroatoms. The first-order valence-corrected chi connectivity index (χ1v) is 11.2. The zero-order chi connectivity index (χ0) is 24.4. The first kappa shape index (κ1) is 26.0. The van der Waals surface area contributed by atoms with Gasteiger partial charge in [-0.25, -0.2) is 9.59 Å². The van der Waals surface area contributed by atoms with Gasteiger partial charge in [0.2, 0.25) is 0 Å². The zero-order valence-electron chi connectivity index (χ0n) is 18.9. The molecule has 1 heterocycles. The summed E-state index contributed by atoms with van der Waals surface area (Å²) in [4.78, 5) is 48.9. The summed E-state index contributed by atoms with van der Waals surface area (Å²) in [7, 11) is 1.46. The van der Waals surface area contributed by atoms with Crippen molar-refractivity contribution in [1.82, 2.24) is 0 Å². The van der Waals surface area contributed by atoms with Crippen molar-refractivity contribution >= 4 is 40.1 Å². The third-order valence-corrected chi connectivity index (χ3v) is 5.91. The number of rotatable bonds is 12. The number of amides is 2. The summed E-state index contributed by atoms with van der Waals surface area (Å²) < 4.78 is 15.0. The van der Waals surface area contributed by atoms with Crippen LogP contribution in [0.1, 0.15) is 61.3 Å². The van der Waals surface area contributed by atoms with Crippen LogP contribution in [0.2, 0.25) is 0 Å². The van der Waals surface area contributed by atoms with E-state index in [4.69, 9.17) is 19.9 Å². The van der Waals surface area contributed by atoms with E-state index in [1.807, 2.05) is 12.1 Å². The lowest BCUT2D eigenvalue weighted by Gasteiger charge is -2.09. The lowest BCUT2D eigenvalue weighted by atomic mass is 10.1. The summed E-state index contributed by atoms with van der Waals surface area (Å²) in [6.07, 6.45) is 3.07. The normalized spacial score (nSPS) is 10.5. The Morgan fingerprint density at radius 1 is 1.03 bits per heavy atom. The van der Waals surface area contributed by atoms with E-state index in [0.29, 0.717) is 11.1 Å². The van der Waals surface area contributed by atoms with Crippen molar-refractivity contribution in [2.75, 3.05) is 32.2 Å². The molecule has 0 saturated carbocycles. The molecule has 0 atom stereocenters. The average Bonchev–Trinajstić information content (AvgIpc) is 3.12. The second kappa shape index (κ2) is 12.7. The molecular formula is C23H28N2O7S. The van der Waals surface area contributed by atoms with E-state index in [-0.39, 0.29) is 28.7 Å². The Morgan fingerprint density at radius 3 is 2.33 bits per heavy atom. The molecule has 2 amide bonds. The van der Waals surface area contributed by atoms with Gasteiger partial charge in [0.1, 0.15) is 11.6 Å². The maximum atomic E-state index is 12.5. The van der Waals surface area contributed by atoms with Crippen LogP contribution in [0.4, 0.5) is 5.00 Å². The molecule has 178 valence electrons. The Kier molecular flexibility index (Phi) is 10.0. The fourth-order valence-corrected chi connectivity index (χ4v) is 4.00. The van der Waals surface area contributed by atoms with Crippen LogP contribution in [-0.2, 0) is 25.4 Å². The maximum absolute atomic E-state index is 12.5. The van der Waals surface area contributed by atoms with Crippen LogP contribution in [0.25, 0.3) is 0 Å². The number of ether oxygens (including phenoxy) is 3. The molecule has 0 aliphatic carbocycles. The molecule has 0 bridgehead atoms. The van der Waals surface area contributed by atoms with Crippen LogP contribution in [0.15, 0.2) is 24.3 Å². The minimum absolute atomic E-state index is 0.00123. The van der Waals surface area contributed by atoms with Crippen molar-refractivity contribution in [3.05, 3.63) is 51.4 Å². The maximum Gasteiger partial charge on any atom is 0.341 e. The van der Waals surface area contributed by atoms with Gasteiger partial charge in [-0.2, -0.15) is 0 Å². The van der Waals surface area contributed by atoms with E-state index in [9.17, 15) is 19.2 Å². The number of nitrogens with two attached hydrogens (primary N) is 1. The first-order chi connectivity index (χ1) is 15.8. The standard InChI is InChI=1S/C23H28N2O7S/c1-4-5-6-15-7-9-16(10-8-15)22(28)32-13-17(26)25-21-18(23(29)31-12-11-30-3)14(2)19(33-21)20(24)27/h7-10H,4-6,11-13H2,1-3H3,(H2,24,27)(H,25,26). The number of hydrogen-bond donors (Lipinski definition) is 2. The monoisotopic (exact) mass is 476 g/mol. The van der Waals surface area contributed by atoms with Crippen LogP contribution in [0, 0.1) is 6.92 Å². The summed E-state index contributed by atoms with van der Waals surface area (Å²) in [5.74, 6) is -2.79. The van der Waals surface area contributed by atoms with Gasteiger partial charge in [0.15, 0.2) is 6.61 Å². The molecule has 0 spiro atoms. The minimum Gasteiger partial charge on any atom is -0.460 e. The van der Waals surface area contributed by atoms with Crippen LogP contribution in [0.5, 0.6) is 0 Å². The fraction of sp³-hybridized carbons (Fsp3) is 0.391. The van der Waals surface area contributed by atoms with Gasteiger partial charge >= 0.3 is 11.9 Å². The van der Waals surface area contributed by atoms with Crippen molar-refractivity contribution in [1.29, 1.82) is 0 Å². The predicted octanol–water partition coefficient (Wildman–Crippen LogP) is 3.10. The van der Waals surface area contributed by atoms with Crippen LogP contribution in [0.3, 0.4) is 0 Å². The smallest absolute Gasteiger partial charge is 0.341 e. The minimum atomic E-state index is -0.738. The van der Waals surface area contributed by atoms with E-state index in [1.165, 1.54) is 14.0 Å². The second-order valence-corrected chi connectivity index (χ2v) is 8.20. The van der Waals surface area contributed by atoms with E-state index in [2.05, 4.69) is 12.2 Å². The molecular weight excluding hydrogens is 448 g/mol. The number of esters is 2. The van der Waals surface area contributed by atoms with Crippen molar-refractivity contribution in [2.24, 2.45) is 5.73 Å². The summed E-state index contributed by atoms with van der Waals surface area (Å²) in [6, 6.07) is 7.02. The van der Waals surface area contributed by atoms with Crippen LogP contribution < -0.4 is 11.1 Å². The Morgan fingerprint density at radius 2 is 1.73 bits per heavy atom. The molecule has 1 aromatic heterocycles. The van der Waals surface area contributed by atoms with Crippen LogP contribution in [-0.4, -0.2) is 50.7 Å². The van der Waals surface area contributed by atoms with Gasteiger partial charge in [0.05, 0.1) is 22.6 Å². The molecule has 0 fully saturated rings. The van der Waals surface area contributed by atoms with Gasteiger partial charge in [-0.15, -0.1) is 11.3 Å². The molecule has 0 saturated heterocycles. The molecule has 33 heavy (non-hydrogen) atoms. The molecule has 0 radical (unpaired) electrons. The molecule has 1 aromatic carbocycles. The lowest BCUT2D eigenvalue weighted by molar-refractivity contribution is -0.119. The molecule has 0 unspecified atom stereocenters. The number of carbonyl (C=O) groups is 4. The number of benzene rings is 1. The summed E-state index contributed by atoms with van der Waals surface area (Å²) in [6.45, 7) is 3.25. The second-order valence-electron chi connectivity index (χ2n) is 7.18. The Labute approximate surface area is 196 Å². The molecule has 0 aliphatic heterocycles. The van der Waals surface area contributed by atoms with Crippen molar-refractivity contribution in [2.45, 2.75) is 33.1 Å². The highest BCUT2D eigenvalue weighted by molar-refractivity contribution is 7.18. The number of primary amides is 1. The third kappa shape index (κ3) is 7.40. The summed E-state index contributed by atoms with van der Waals surface area (Å²) in [5.41, 5.74) is 7.13. The summed E-state index contributed by atoms with van der Waals surface area (Å²) >= 11 is 0.850. The van der Waals surface area contributed by atoms with Gasteiger partial charge in [-0.05, 0) is 43.0 Å². The molecule has 2 rings (SSSR count). The lowest BCUT2D eigenvalue weighted by Crippen LogP contribution is -2.22. The number of aryl methyl sites for hydroxylation is 1. The number of anilines is 1. The van der Waals surface area contributed by atoms with E-state index in [0.717, 1.165) is 36.2 Å². The van der Waals surface area contributed by atoms with E-state index in [1.54, 1.807) is 12.1 Å². The average molecular weight is 477 g/mol. The number of nitrogens with one attached hydrogen (secondary N) is 1. The molecule has 9 nitrogen and oxygen atoms in total. The predicted molar refractivity (Wildman–Crippen MR) is 124 cm³/mol. The SMILES string of the molecule is CCCCc1ccc(C(=O)OCC(=O)Nc2sc(C(N)=O)c(C)c2C(=O)OCCOC)cc1. The Bertz CT molecular complexity index is 999. The number of unbranched alkanes of at least 4 members (excludes halogenated alkanes) is 1. The number of carbonyl (C=O) groups excluding carboxylic acids is 4. The number of thiophene rings is 1. The van der Waals surface area contributed by atoms with Crippen LogP contribution >= 0.6 is 11.3 Å². The zero-order valence-corrected chi connectivity index (χ0v) is 19.7. The first-order valence-electron chi connectivity index (χ1n) is 10.4. The largest absolute Gasteiger partial charge is 0.460 e. The Hall–Kier alpha value is -3.24. The highest BCUT2D eigenvalue weighted by Gasteiger charge is 2.26. The third-order valence-electron chi connectivity index (χ3n) is 4.69. The highest BCUT2D eigenvalue weighted by Crippen LogP contribution is 2.33. The number of hydrogen-bond acceptors (Lipinski definition) is 8. The quantitative estimate of drug-likeness (QED) is 0.355. The van der Waals surface area contributed by atoms with Gasteiger partial charge in [0.25, 0.3) is 11.8 Å². The van der Waals surface area contributed by atoms with E-state index >= 15 is 0 Å². The topological polar surface area (TPSA) is 134 Å². The fourth-order valence-electron chi connectivity index (χ4n) is 2.94. The molecule has 0 aliphatic rings. The molecule has 2 aromatic rings. The molecule has 3 N–H and O–H groups in total. The van der Waals surface area contributed by atoms with Gasteiger partial charge < -0.3 is 25.3 Å². The number of methoxy groups -OCH3 is 1. The van der Waals surface area contributed by atoms with E-state index < -0.39 is 30.4 Å². The van der Waals surface area contributed by atoms with Gasteiger partial charge in [0, 0.05) is 7.11 Å². The van der Waals surface area contributed by atoms with Crippen molar-refractivity contribution in [3.63, 3.8) is 0 Å². The highest BCUT2D eigenvalue weighted by atomic mass is 32.1. The van der Waals surface area contributed by atoms with Crippen molar-refractivity contribution < 1.29 is 33.4 Å². The van der Waals surface area contributed by atoms with Gasteiger partial charge in [-0.1, -0.05) is 25.5 Å². The Balaban J connectivity index is 2.03. The van der Waals surface area contributed by atoms with Crippen molar-refractivity contribution in [3.8, 4) is 0 Å².